The number of ether oxygens (including phenoxy) is 1. The van der Waals surface area contributed by atoms with Crippen molar-refractivity contribution in [3.05, 3.63) is 0 Å². The lowest BCUT2D eigenvalue weighted by atomic mass is 10.2. The zero-order chi connectivity index (χ0) is 12.8. The van der Waals surface area contributed by atoms with Gasteiger partial charge in [0.2, 0.25) is 5.91 Å². The molecule has 1 aliphatic heterocycles. The van der Waals surface area contributed by atoms with Crippen molar-refractivity contribution in [1.29, 1.82) is 0 Å². The molecule has 3 atom stereocenters. The molecule has 1 heterocycles. The second-order valence-electron chi connectivity index (χ2n) is 4.79. The van der Waals surface area contributed by atoms with Crippen LogP contribution in [-0.2, 0) is 9.53 Å². The Morgan fingerprint density at radius 2 is 2.06 bits per heavy atom. The van der Waals surface area contributed by atoms with Crippen LogP contribution in [0.5, 0.6) is 0 Å². The van der Waals surface area contributed by atoms with Crippen LogP contribution in [0.15, 0.2) is 0 Å². The molecule has 0 aliphatic carbocycles. The van der Waals surface area contributed by atoms with E-state index in [1.165, 1.54) is 0 Å². The molecule has 1 fully saturated rings. The number of likely N-dealkylation sites (N-methyl/N-ethyl adjacent to an activating group) is 1. The van der Waals surface area contributed by atoms with Gasteiger partial charge in [0.1, 0.15) is 0 Å². The summed E-state index contributed by atoms with van der Waals surface area (Å²) in [4.78, 5) is 13.9. The molecule has 1 rings (SSSR count). The molecule has 0 aromatic heterocycles. The van der Waals surface area contributed by atoms with Crippen molar-refractivity contribution >= 4 is 5.91 Å². The Kier molecular flexibility index (Phi) is 5.92. The van der Waals surface area contributed by atoms with Gasteiger partial charge in [-0.05, 0) is 40.5 Å². The van der Waals surface area contributed by atoms with Crippen molar-refractivity contribution in [3.63, 3.8) is 0 Å². The Bertz CT molecular complexity index is 242. The van der Waals surface area contributed by atoms with Crippen LogP contribution in [0.1, 0.15) is 40.5 Å². The highest BCUT2D eigenvalue weighted by Crippen LogP contribution is 2.18. The molecule has 17 heavy (non-hydrogen) atoms. The topological polar surface area (TPSA) is 41.6 Å². The van der Waals surface area contributed by atoms with Gasteiger partial charge >= 0.3 is 0 Å². The average Bonchev–Trinajstić information content (AvgIpc) is 2.73. The van der Waals surface area contributed by atoms with E-state index < -0.39 is 0 Å². The van der Waals surface area contributed by atoms with Crippen LogP contribution in [0.25, 0.3) is 0 Å². The zero-order valence-electron chi connectivity index (χ0n) is 11.5. The summed E-state index contributed by atoms with van der Waals surface area (Å²) in [5.41, 5.74) is 0. The van der Waals surface area contributed by atoms with Crippen molar-refractivity contribution in [2.24, 2.45) is 0 Å². The van der Waals surface area contributed by atoms with Gasteiger partial charge in [-0.1, -0.05) is 0 Å². The first-order valence-corrected chi connectivity index (χ1v) is 6.76. The van der Waals surface area contributed by atoms with Crippen LogP contribution in [-0.4, -0.2) is 48.7 Å². The number of nitrogens with zero attached hydrogens (tertiary/aromatic N) is 1. The van der Waals surface area contributed by atoms with Gasteiger partial charge < -0.3 is 15.0 Å². The van der Waals surface area contributed by atoms with Gasteiger partial charge in [-0.15, -0.1) is 0 Å². The Hall–Kier alpha value is -0.610. The predicted octanol–water partition coefficient (Wildman–Crippen LogP) is 1.40. The van der Waals surface area contributed by atoms with Gasteiger partial charge in [0.05, 0.1) is 18.2 Å². The van der Waals surface area contributed by atoms with E-state index in [4.69, 9.17) is 4.74 Å². The number of carbonyl (C=O) groups is 1. The molecule has 0 saturated carbocycles. The van der Waals surface area contributed by atoms with Crippen LogP contribution in [0, 0.1) is 0 Å². The quantitative estimate of drug-likeness (QED) is 0.765. The van der Waals surface area contributed by atoms with Crippen LogP contribution < -0.4 is 5.32 Å². The molecule has 1 amide bonds. The first-order chi connectivity index (χ1) is 8.08. The summed E-state index contributed by atoms with van der Waals surface area (Å²) in [6.07, 6.45) is 2.87. The Labute approximate surface area is 105 Å². The SMILES string of the molecule is CCN(CC)C(=O)C(C)NCC1CCC(C)O1. The van der Waals surface area contributed by atoms with E-state index in [1.54, 1.807) is 0 Å². The second kappa shape index (κ2) is 6.97. The number of rotatable bonds is 6. The van der Waals surface area contributed by atoms with Crippen LogP contribution in [0.3, 0.4) is 0 Å². The number of nitrogens with one attached hydrogen (secondary N) is 1. The lowest BCUT2D eigenvalue weighted by molar-refractivity contribution is -0.132. The summed E-state index contributed by atoms with van der Waals surface area (Å²) in [7, 11) is 0. The maximum atomic E-state index is 12.0. The maximum absolute atomic E-state index is 12.0. The third kappa shape index (κ3) is 4.28. The molecular formula is C13H26N2O2. The summed E-state index contributed by atoms with van der Waals surface area (Å²) < 4.78 is 5.72. The highest BCUT2D eigenvalue weighted by molar-refractivity contribution is 5.81. The standard InChI is InChI=1S/C13H26N2O2/c1-5-15(6-2)13(16)11(4)14-9-12-8-7-10(3)17-12/h10-12,14H,5-9H2,1-4H3. The minimum Gasteiger partial charge on any atom is -0.374 e. The maximum Gasteiger partial charge on any atom is 0.239 e. The molecule has 4 nitrogen and oxygen atoms in total. The predicted molar refractivity (Wildman–Crippen MR) is 69.0 cm³/mol. The molecule has 3 unspecified atom stereocenters. The highest BCUT2D eigenvalue weighted by Gasteiger charge is 2.24. The van der Waals surface area contributed by atoms with Crippen molar-refractivity contribution in [1.82, 2.24) is 10.2 Å². The molecule has 0 spiro atoms. The molecule has 1 saturated heterocycles. The van der Waals surface area contributed by atoms with E-state index in [0.717, 1.165) is 32.5 Å². The fraction of sp³-hybridized carbons (Fsp3) is 0.923. The highest BCUT2D eigenvalue weighted by atomic mass is 16.5. The molecule has 0 radical (unpaired) electrons. The molecule has 100 valence electrons. The summed E-state index contributed by atoms with van der Waals surface area (Å²) in [5, 5.41) is 3.28. The molecule has 0 bridgehead atoms. The number of hydrogen-bond acceptors (Lipinski definition) is 3. The molecule has 1 N–H and O–H groups in total. The summed E-state index contributed by atoms with van der Waals surface area (Å²) >= 11 is 0. The van der Waals surface area contributed by atoms with Gasteiger partial charge in [-0.2, -0.15) is 0 Å². The summed E-state index contributed by atoms with van der Waals surface area (Å²) in [6, 6.07) is -0.116. The smallest absolute Gasteiger partial charge is 0.239 e. The summed E-state index contributed by atoms with van der Waals surface area (Å²) in [6.45, 7) is 10.4. The Balaban J connectivity index is 2.28. The lowest BCUT2D eigenvalue weighted by Crippen LogP contribution is -2.46. The van der Waals surface area contributed by atoms with E-state index in [2.05, 4.69) is 12.2 Å². The van der Waals surface area contributed by atoms with Gasteiger partial charge in [0.15, 0.2) is 0 Å². The van der Waals surface area contributed by atoms with Crippen LogP contribution in [0.2, 0.25) is 0 Å². The van der Waals surface area contributed by atoms with Gasteiger partial charge in [-0.3, -0.25) is 4.79 Å². The van der Waals surface area contributed by atoms with Crippen molar-refractivity contribution in [2.75, 3.05) is 19.6 Å². The van der Waals surface area contributed by atoms with E-state index in [0.29, 0.717) is 6.10 Å². The number of carbonyl (C=O) groups excluding carboxylic acids is 1. The average molecular weight is 242 g/mol. The van der Waals surface area contributed by atoms with E-state index in [9.17, 15) is 4.79 Å². The van der Waals surface area contributed by atoms with Gasteiger partial charge in [0.25, 0.3) is 0 Å². The third-order valence-electron chi connectivity index (χ3n) is 3.42. The first-order valence-electron chi connectivity index (χ1n) is 6.76. The molecule has 4 heteroatoms. The van der Waals surface area contributed by atoms with E-state index in [1.807, 2.05) is 25.7 Å². The fourth-order valence-corrected chi connectivity index (χ4v) is 2.24. The molecule has 0 aromatic carbocycles. The summed E-state index contributed by atoms with van der Waals surface area (Å²) in [5.74, 6) is 0.182. The van der Waals surface area contributed by atoms with Gasteiger partial charge in [0, 0.05) is 19.6 Å². The Morgan fingerprint density at radius 1 is 1.41 bits per heavy atom. The molecular weight excluding hydrogens is 216 g/mol. The lowest BCUT2D eigenvalue weighted by Gasteiger charge is -2.24. The van der Waals surface area contributed by atoms with Crippen LogP contribution >= 0.6 is 0 Å². The second-order valence-corrected chi connectivity index (χ2v) is 4.79. The zero-order valence-corrected chi connectivity index (χ0v) is 11.5. The largest absolute Gasteiger partial charge is 0.374 e. The normalized spacial score (nSPS) is 25.9. The van der Waals surface area contributed by atoms with Crippen molar-refractivity contribution in [2.45, 2.75) is 58.8 Å². The van der Waals surface area contributed by atoms with E-state index >= 15 is 0 Å². The van der Waals surface area contributed by atoms with Gasteiger partial charge in [-0.25, -0.2) is 0 Å². The van der Waals surface area contributed by atoms with Crippen molar-refractivity contribution in [3.8, 4) is 0 Å². The number of hydrogen-bond donors (Lipinski definition) is 1. The van der Waals surface area contributed by atoms with Crippen LogP contribution in [0.4, 0.5) is 0 Å². The van der Waals surface area contributed by atoms with E-state index in [-0.39, 0.29) is 18.1 Å². The fourth-order valence-electron chi connectivity index (χ4n) is 2.24. The Morgan fingerprint density at radius 3 is 2.53 bits per heavy atom. The minimum atomic E-state index is -0.116. The molecule has 0 aromatic rings. The molecule has 1 aliphatic rings. The minimum absolute atomic E-state index is 0.116. The monoisotopic (exact) mass is 242 g/mol. The number of amides is 1. The third-order valence-corrected chi connectivity index (χ3v) is 3.42. The van der Waals surface area contributed by atoms with Crippen molar-refractivity contribution < 1.29 is 9.53 Å². The first kappa shape index (κ1) is 14.5.